The maximum Gasteiger partial charge on any atom is 0.346 e. The number of esters is 1. The van der Waals surface area contributed by atoms with E-state index in [0.29, 0.717) is 17.9 Å². The van der Waals surface area contributed by atoms with E-state index in [4.69, 9.17) is 9.47 Å². The molecule has 0 aliphatic carbocycles. The van der Waals surface area contributed by atoms with E-state index in [2.05, 4.69) is 0 Å². The average Bonchev–Trinajstić information content (AvgIpc) is 2.26. The lowest BCUT2D eigenvalue weighted by Gasteiger charge is -1.93. The molecule has 1 rings (SSSR count). The first-order valence-corrected chi connectivity index (χ1v) is 3.46. The number of hydrogen-bond donors (Lipinski definition) is 0. The zero-order chi connectivity index (χ0) is 8.27. The predicted octanol–water partition coefficient (Wildman–Crippen LogP) is 1.37. The van der Waals surface area contributed by atoms with E-state index >= 15 is 0 Å². The van der Waals surface area contributed by atoms with Crippen molar-refractivity contribution in [3.05, 3.63) is 23.7 Å². The van der Waals surface area contributed by atoms with E-state index in [1.165, 1.54) is 6.26 Å². The minimum Gasteiger partial charge on any atom is -0.501 e. The summed E-state index contributed by atoms with van der Waals surface area (Å²) in [6.45, 7) is 4.14. The van der Waals surface area contributed by atoms with Crippen LogP contribution in [0.25, 0.3) is 0 Å². The largest absolute Gasteiger partial charge is 0.501 e. The van der Waals surface area contributed by atoms with Crippen molar-refractivity contribution in [2.24, 2.45) is 0 Å². The van der Waals surface area contributed by atoms with Gasteiger partial charge < -0.3 is 9.47 Å². The number of cyclic esters (lactones) is 1. The Balaban J connectivity index is 2.65. The zero-order valence-corrected chi connectivity index (χ0v) is 6.59. The molecule has 1 heterocycles. The van der Waals surface area contributed by atoms with E-state index in [1.807, 2.05) is 6.92 Å². The molecule has 0 bridgehead atoms. The highest BCUT2D eigenvalue weighted by Crippen LogP contribution is 2.15. The van der Waals surface area contributed by atoms with Crippen LogP contribution in [0.5, 0.6) is 0 Å². The molecule has 0 spiro atoms. The Kier molecular flexibility index (Phi) is 2.31. The van der Waals surface area contributed by atoms with Crippen LogP contribution in [-0.4, -0.2) is 12.6 Å². The van der Waals surface area contributed by atoms with Crippen LogP contribution in [0, 0.1) is 0 Å². The lowest BCUT2D eigenvalue weighted by molar-refractivity contribution is -0.133. The Morgan fingerprint density at radius 1 is 1.73 bits per heavy atom. The highest BCUT2D eigenvalue weighted by Gasteiger charge is 2.17. The lowest BCUT2D eigenvalue weighted by Crippen LogP contribution is -1.97. The number of rotatable bonds is 2. The number of carbonyl (C=O) groups is 1. The van der Waals surface area contributed by atoms with Gasteiger partial charge in [0.1, 0.15) is 5.76 Å². The first-order chi connectivity index (χ1) is 5.24. The van der Waals surface area contributed by atoms with Gasteiger partial charge in [0.15, 0.2) is 0 Å². The average molecular weight is 154 g/mol. The molecule has 0 saturated heterocycles. The maximum atomic E-state index is 10.9. The fraction of sp³-hybridized carbons (Fsp3) is 0.375. The fourth-order valence-corrected chi connectivity index (χ4v) is 0.768. The van der Waals surface area contributed by atoms with Crippen molar-refractivity contribution in [3.8, 4) is 0 Å². The third kappa shape index (κ3) is 1.83. The van der Waals surface area contributed by atoms with Gasteiger partial charge in [-0.1, -0.05) is 0 Å². The Hall–Kier alpha value is -1.25. The van der Waals surface area contributed by atoms with Gasteiger partial charge in [-0.25, -0.2) is 4.79 Å². The van der Waals surface area contributed by atoms with Gasteiger partial charge >= 0.3 is 5.97 Å². The molecule has 0 amide bonds. The van der Waals surface area contributed by atoms with Crippen molar-refractivity contribution in [2.75, 3.05) is 6.61 Å². The van der Waals surface area contributed by atoms with Crippen LogP contribution in [0.4, 0.5) is 0 Å². The molecule has 0 aromatic rings. The monoisotopic (exact) mass is 154 g/mol. The van der Waals surface area contributed by atoms with Crippen LogP contribution in [0.2, 0.25) is 0 Å². The van der Waals surface area contributed by atoms with Gasteiger partial charge in [-0.15, -0.1) is 0 Å². The highest BCUT2D eigenvalue weighted by atomic mass is 16.5. The van der Waals surface area contributed by atoms with Gasteiger partial charge in [0.25, 0.3) is 0 Å². The third-order valence-electron chi connectivity index (χ3n) is 1.23. The molecule has 0 fully saturated rings. The van der Waals surface area contributed by atoms with Crippen molar-refractivity contribution in [2.45, 2.75) is 13.8 Å². The summed E-state index contributed by atoms with van der Waals surface area (Å²) in [5.41, 5.74) is 0.476. The molecular weight excluding hydrogens is 144 g/mol. The number of ether oxygens (including phenoxy) is 2. The zero-order valence-electron chi connectivity index (χ0n) is 6.59. The number of carbonyl (C=O) groups excluding carboxylic acids is 1. The summed E-state index contributed by atoms with van der Waals surface area (Å²) in [6.07, 6.45) is 3.07. The van der Waals surface area contributed by atoms with E-state index < -0.39 is 0 Å². The quantitative estimate of drug-likeness (QED) is 0.342. The first-order valence-electron chi connectivity index (χ1n) is 3.46. The summed E-state index contributed by atoms with van der Waals surface area (Å²) in [4.78, 5) is 10.9. The van der Waals surface area contributed by atoms with Crippen molar-refractivity contribution < 1.29 is 14.3 Å². The molecule has 60 valence electrons. The van der Waals surface area contributed by atoms with E-state index in [1.54, 1.807) is 13.0 Å². The van der Waals surface area contributed by atoms with Crippen molar-refractivity contribution in [1.82, 2.24) is 0 Å². The molecule has 3 heteroatoms. The molecule has 1 aliphatic rings. The van der Waals surface area contributed by atoms with Gasteiger partial charge in [-0.2, -0.15) is 0 Å². The Morgan fingerprint density at radius 3 is 2.91 bits per heavy atom. The molecule has 1 aliphatic heterocycles. The van der Waals surface area contributed by atoms with E-state index in [0.717, 1.165) is 0 Å². The molecular formula is C8H10O3. The molecule has 0 radical (unpaired) electrons. The number of allylic oxidation sites excluding steroid dienone is 1. The third-order valence-corrected chi connectivity index (χ3v) is 1.23. The van der Waals surface area contributed by atoms with E-state index in [9.17, 15) is 4.79 Å². The van der Waals surface area contributed by atoms with Crippen LogP contribution in [0.1, 0.15) is 13.8 Å². The summed E-state index contributed by atoms with van der Waals surface area (Å²) < 4.78 is 9.67. The molecule has 11 heavy (non-hydrogen) atoms. The van der Waals surface area contributed by atoms with Crippen LogP contribution in [0.3, 0.4) is 0 Å². The maximum absolute atomic E-state index is 10.9. The van der Waals surface area contributed by atoms with Gasteiger partial charge in [0.05, 0.1) is 18.4 Å². The topological polar surface area (TPSA) is 35.5 Å². The summed E-state index contributed by atoms with van der Waals surface area (Å²) in [6, 6.07) is 0. The molecule has 0 aromatic carbocycles. The van der Waals surface area contributed by atoms with E-state index in [-0.39, 0.29) is 5.97 Å². The van der Waals surface area contributed by atoms with Gasteiger partial charge in [-0.3, -0.25) is 0 Å². The van der Waals surface area contributed by atoms with Crippen molar-refractivity contribution >= 4 is 5.97 Å². The Bertz CT molecular complexity index is 225. The predicted molar refractivity (Wildman–Crippen MR) is 39.6 cm³/mol. The molecule has 0 aromatic heterocycles. The Morgan fingerprint density at radius 2 is 2.45 bits per heavy atom. The summed E-state index contributed by atoms with van der Waals surface area (Å²) in [7, 11) is 0. The second-order valence-corrected chi connectivity index (χ2v) is 2.17. The lowest BCUT2D eigenvalue weighted by atomic mass is 10.3. The molecule has 0 unspecified atom stereocenters. The van der Waals surface area contributed by atoms with Gasteiger partial charge in [0.2, 0.25) is 0 Å². The second kappa shape index (κ2) is 3.23. The standard InChI is InChI=1S/C8H10O3/c1-3-10-5-7-4-6(2)11-8(7)9/h4-5H,3H2,1-2H3. The summed E-state index contributed by atoms with van der Waals surface area (Å²) in [5.74, 6) is 0.275. The fourth-order valence-electron chi connectivity index (χ4n) is 0.768. The SMILES string of the molecule is CCOC=C1C=C(C)OC1=O. The summed E-state index contributed by atoms with van der Waals surface area (Å²) >= 11 is 0. The molecule has 0 atom stereocenters. The highest BCUT2D eigenvalue weighted by molar-refractivity contribution is 5.94. The van der Waals surface area contributed by atoms with Crippen molar-refractivity contribution in [1.29, 1.82) is 0 Å². The van der Waals surface area contributed by atoms with Gasteiger partial charge in [-0.05, 0) is 19.9 Å². The Labute approximate surface area is 65.3 Å². The molecule has 3 nitrogen and oxygen atoms in total. The van der Waals surface area contributed by atoms with Crippen LogP contribution >= 0.6 is 0 Å². The summed E-state index contributed by atoms with van der Waals surface area (Å²) in [5, 5.41) is 0. The number of hydrogen-bond acceptors (Lipinski definition) is 3. The second-order valence-electron chi connectivity index (χ2n) is 2.17. The van der Waals surface area contributed by atoms with Crippen LogP contribution in [-0.2, 0) is 14.3 Å². The van der Waals surface area contributed by atoms with Crippen LogP contribution in [0.15, 0.2) is 23.7 Å². The minimum absolute atomic E-state index is 0.337. The molecule has 0 N–H and O–H groups in total. The minimum atomic E-state index is -0.337. The van der Waals surface area contributed by atoms with Crippen molar-refractivity contribution in [3.63, 3.8) is 0 Å². The smallest absolute Gasteiger partial charge is 0.346 e. The van der Waals surface area contributed by atoms with Gasteiger partial charge in [0, 0.05) is 0 Å². The first kappa shape index (κ1) is 7.85. The van der Waals surface area contributed by atoms with Crippen LogP contribution < -0.4 is 0 Å². The normalized spacial score (nSPS) is 20.0. The molecule has 0 saturated carbocycles.